The highest BCUT2D eigenvalue weighted by Crippen LogP contribution is 2.34. The molecular formula is C20H29N3O4S. The van der Waals surface area contributed by atoms with Crippen molar-refractivity contribution in [2.24, 2.45) is 5.92 Å². The third kappa shape index (κ3) is 4.04. The van der Waals surface area contributed by atoms with Crippen molar-refractivity contribution in [3.8, 4) is 0 Å². The van der Waals surface area contributed by atoms with Crippen molar-refractivity contribution in [2.45, 2.75) is 43.4 Å². The smallest absolute Gasteiger partial charge is 0.243 e. The summed E-state index contributed by atoms with van der Waals surface area (Å²) in [6.45, 7) is 3.41. The molecule has 0 radical (unpaired) electrons. The number of morpholine rings is 1. The van der Waals surface area contributed by atoms with Crippen LogP contribution in [-0.2, 0) is 19.6 Å². The summed E-state index contributed by atoms with van der Waals surface area (Å²) in [5.74, 6) is 0.0548. The number of amides is 1. The minimum atomic E-state index is -3.60. The lowest BCUT2D eigenvalue weighted by molar-refractivity contribution is -0.122. The zero-order valence-electron chi connectivity index (χ0n) is 16.2. The van der Waals surface area contributed by atoms with E-state index in [1.807, 2.05) is 6.07 Å². The van der Waals surface area contributed by atoms with E-state index in [2.05, 4.69) is 10.2 Å². The van der Waals surface area contributed by atoms with Gasteiger partial charge in [-0.1, -0.05) is 6.42 Å². The first-order chi connectivity index (χ1) is 13.6. The van der Waals surface area contributed by atoms with E-state index in [-0.39, 0.29) is 16.7 Å². The van der Waals surface area contributed by atoms with Gasteiger partial charge < -0.3 is 15.0 Å². The Hall–Kier alpha value is -1.64. The van der Waals surface area contributed by atoms with Gasteiger partial charge >= 0.3 is 0 Å². The van der Waals surface area contributed by atoms with Gasteiger partial charge in [0.25, 0.3) is 0 Å². The molecule has 1 amide bonds. The lowest BCUT2D eigenvalue weighted by Gasteiger charge is -2.32. The number of anilines is 2. The van der Waals surface area contributed by atoms with Crippen LogP contribution >= 0.6 is 0 Å². The first kappa shape index (κ1) is 19.7. The Balaban J connectivity index is 1.64. The van der Waals surface area contributed by atoms with Gasteiger partial charge in [-0.2, -0.15) is 4.31 Å². The van der Waals surface area contributed by atoms with Crippen molar-refractivity contribution < 1.29 is 17.9 Å². The van der Waals surface area contributed by atoms with Gasteiger partial charge in [-0.15, -0.1) is 0 Å². The number of hydrogen-bond acceptors (Lipinski definition) is 5. The van der Waals surface area contributed by atoms with Gasteiger partial charge in [0.2, 0.25) is 15.9 Å². The Morgan fingerprint density at radius 2 is 1.71 bits per heavy atom. The summed E-state index contributed by atoms with van der Waals surface area (Å²) in [5, 5.41) is 3.04. The molecule has 1 aromatic carbocycles. The zero-order valence-corrected chi connectivity index (χ0v) is 17.0. The van der Waals surface area contributed by atoms with Crippen molar-refractivity contribution in [1.82, 2.24) is 4.31 Å². The summed E-state index contributed by atoms with van der Waals surface area (Å²) >= 11 is 0. The number of carbonyl (C=O) groups excluding carboxylic acids is 1. The maximum Gasteiger partial charge on any atom is 0.243 e. The van der Waals surface area contributed by atoms with Crippen molar-refractivity contribution in [3.05, 3.63) is 18.2 Å². The molecule has 1 saturated carbocycles. The molecule has 0 spiro atoms. The molecule has 2 heterocycles. The fourth-order valence-corrected chi connectivity index (χ4v) is 5.46. The second-order valence-corrected chi connectivity index (χ2v) is 9.80. The molecule has 1 aromatic rings. The molecule has 28 heavy (non-hydrogen) atoms. The van der Waals surface area contributed by atoms with Crippen LogP contribution in [0.4, 0.5) is 11.4 Å². The van der Waals surface area contributed by atoms with Gasteiger partial charge in [-0.25, -0.2) is 8.42 Å². The fourth-order valence-electron chi connectivity index (χ4n) is 4.03. The van der Waals surface area contributed by atoms with E-state index in [1.54, 1.807) is 12.1 Å². The van der Waals surface area contributed by atoms with E-state index in [9.17, 15) is 13.2 Å². The molecule has 0 bridgehead atoms. The molecule has 8 heteroatoms. The first-order valence-corrected chi connectivity index (χ1v) is 11.8. The Morgan fingerprint density at radius 3 is 2.36 bits per heavy atom. The fraction of sp³-hybridized carbons (Fsp3) is 0.650. The van der Waals surface area contributed by atoms with E-state index in [4.69, 9.17) is 4.74 Å². The summed E-state index contributed by atoms with van der Waals surface area (Å²) in [7, 11) is -3.60. The number of nitrogens with zero attached hydrogens (tertiary/aromatic N) is 2. The number of hydrogen-bond donors (Lipinski definition) is 1. The molecule has 1 N–H and O–H groups in total. The van der Waals surface area contributed by atoms with Crippen LogP contribution in [0.3, 0.4) is 0 Å². The van der Waals surface area contributed by atoms with E-state index in [0.29, 0.717) is 32.0 Å². The van der Waals surface area contributed by atoms with Crippen LogP contribution in [0.1, 0.15) is 38.5 Å². The van der Waals surface area contributed by atoms with Gasteiger partial charge in [-0.05, 0) is 50.3 Å². The number of piperidine rings is 1. The Bertz CT molecular complexity index is 811. The number of benzene rings is 1. The number of nitrogens with one attached hydrogen (secondary N) is 1. The molecular weight excluding hydrogens is 378 g/mol. The van der Waals surface area contributed by atoms with E-state index < -0.39 is 10.0 Å². The largest absolute Gasteiger partial charge is 0.379 e. The summed E-state index contributed by atoms with van der Waals surface area (Å²) in [6.07, 6.45) is 6.35. The van der Waals surface area contributed by atoms with Crippen molar-refractivity contribution in [3.63, 3.8) is 0 Å². The summed E-state index contributed by atoms with van der Waals surface area (Å²) in [4.78, 5) is 15.1. The second kappa shape index (κ2) is 8.39. The zero-order chi connectivity index (χ0) is 19.6. The van der Waals surface area contributed by atoms with Crippen LogP contribution in [0, 0.1) is 5.92 Å². The number of carbonyl (C=O) groups is 1. The number of sulfonamides is 1. The molecule has 7 nitrogen and oxygen atoms in total. The highest BCUT2D eigenvalue weighted by atomic mass is 32.2. The predicted molar refractivity (Wildman–Crippen MR) is 108 cm³/mol. The summed E-state index contributed by atoms with van der Waals surface area (Å²) in [5.41, 5.74) is 1.54. The molecule has 2 saturated heterocycles. The van der Waals surface area contributed by atoms with Crippen molar-refractivity contribution >= 4 is 27.3 Å². The SMILES string of the molecule is O=C(Nc1cc(S(=O)(=O)N2CCOCC2)ccc1N1CCCCC1)C1CCC1. The normalized spacial score (nSPS) is 21.9. The molecule has 3 aliphatic rings. The minimum Gasteiger partial charge on any atom is -0.379 e. The molecule has 2 aliphatic heterocycles. The van der Waals surface area contributed by atoms with E-state index in [0.717, 1.165) is 50.9 Å². The van der Waals surface area contributed by atoms with Crippen LogP contribution in [0.15, 0.2) is 23.1 Å². The van der Waals surface area contributed by atoms with E-state index >= 15 is 0 Å². The maximum atomic E-state index is 13.1. The molecule has 3 fully saturated rings. The highest BCUT2D eigenvalue weighted by molar-refractivity contribution is 7.89. The topological polar surface area (TPSA) is 79.0 Å². The third-order valence-corrected chi connectivity index (χ3v) is 7.90. The van der Waals surface area contributed by atoms with Crippen LogP contribution in [0.25, 0.3) is 0 Å². The maximum absolute atomic E-state index is 13.1. The highest BCUT2D eigenvalue weighted by Gasteiger charge is 2.30. The van der Waals surface area contributed by atoms with Gasteiger partial charge in [0.15, 0.2) is 0 Å². The number of ether oxygens (including phenoxy) is 1. The average molecular weight is 408 g/mol. The molecule has 0 atom stereocenters. The average Bonchev–Trinajstić information content (AvgIpc) is 2.68. The van der Waals surface area contributed by atoms with Crippen LogP contribution in [-0.4, -0.2) is 58.0 Å². The number of rotatable bonds is 5. The predicted octanol–water partition coefficient (Wildman–Crippen LogP) is 2.44. The van der Waals surface area contributed by atoms with E-state index in [1.165, 1.54) is 10.7 Å². The molecule has 154 valence electrons. The molecule has 4 rings (SSSR count). The van der Waals surface area contributed by atoms with Crippen molar-refractivity contribution in [2.75, 3.05) is 49.6 Å². The molecule has 0 unspecified atom stereocenters. The van der Waals surface area contributed by atoms with Crippen molar-refractivity contribution in [1.29, 1.82) is 0 Å². The lowest BCUT2D eigenvalue weighted by atomic mass is 9.85. The summed E-state index contributed by atoms with van der Waals surface area (Å²) < 4.78 is 32.9. The monoisotopic (exact) mass is 407 g/mol. The third-order valence-electron chi connectivity index (χ3n) is 6.01. The Kier molecular flexibility index (Phi) is 5.89. The van der Waals surface area contributed by atoms with Crippen LogP contribution in [0.5, 0.6) is 0 Å². The quantitative estimate of drug-likeness (QED) is 0.811. The van der Waals surface area contributed by atoms with Gasteiger partial charge in [0.1, 0.15) is 0 Å². The Morgan fingerprint density at radius 1 is 1.00 bits per heavy atom. The first-order valence-electron chi connectivity index (χ1n) is 10.3. The second-order valence-electron chi connectivity index (χ2n) is 7.86. The molecule has 0 aromatic heterocycles. The minimum absolute atomic E-state index is 0.00503. The summed E-state index contributed by atoms with van der Waals surface area (Å²) in [6, 6.07) is 5.17. The molecule has 1 aliphatic carbocycles. The van der Waals surface area contributed by atoms with Crippen LogP contribution < -0.4 is 10.2 Å². The van der Waals surface area contributed by atoms with Crippen LogP contribution in [0.2, 0.25) is 0 Å². The lowest BCUT2D eigenvalue weighted by Crippen LogP contribution is -2.40. The standard InChI is InChI=1S/C20H29N3O4S/c24-20(16-5-4-6-16)21-18-15-17(28(25,26)23-11-13-27-14-12-23)7-8-19(18)22-9-2-1-3-10-22/h7-8,15-16H,1-6,9-14H2,(H,21,24). The van der Waals surface area contributed by atoms with Gasteiger partial charge in [0, 0.05) is 32.1 Å². The van der Waals surface area contributed by atoms with Gasteiger partial charge in [-0.3, -0.25) is 4.79 Å². The Labute approximate surface area is 167 Å². The van der Waals surface area contributed by atoms with Gasteiger partial charge in [0.05, 0.1) is 29.5 Å².